The first kappa shape index (κ1) is 23.7. The molecule has 14 heteroatoms. The lowest BCUT2D eigenvalue weighted by molar-refractivity contribution is -0.384. The molecule has 0 amide bonds. The average molecular weight is 488 g/mol. The number of alkyl halides is 3. The van der Waals surface area contributed by atoms with Crippen LogP contribution in [-0.2, 0) is 13.2 Å². The normalized spacial score (nSPS) is 11.5. The number of hydrogen-bond donors (Lipinski definition) is 1. The van der Waals surface area contributed by atoms with E-state index in [9.17, 15) is 42.8 Å². The molecule has 1 N–H and O–H groups in total. The summed E-state index contributed by atoms with van der Waals surface area (Å²) in [7, 11) is 0.689. The third-order valence-corrected chi connectivity index (χ3v) is 5.00. The number of carboxylic acid groups (broad SMARTS) is 1. The molecule has 9 nitrogen and oxygen atoms in total. The smallest absolute Gasteiger partial charge is 0.431 e. The van der Waals surface area contributed by atoms with Gasteiger partial charge in [-0.05, 0) is 11.6 Å². The van der Waals surface area contributed by atoms with Crippen molar-refractivity contribution in [3.63, 3.8) is 0 Å². The van der Waals surface area contributed by atoms with E-state index in [-0.39, 0.29) is 20.8 Å². The highest BCUT2D eigenvalue weighted by Gasteiger charge is 2.35. The molecule has 3 rings (SSSR count). The highest BCUT2D eigenvalue weighted by atomic mass is 35.5. The van der Waals surface area contributed by atoms with E-state index in [2.05, 4.69) is 0 Å². The number of non-ortho nitro benzene ring substituents is 1. The lowest BCUT2D eigenvalue weighted by Crippen LogP contribution is -2.41. The Hall–Kier alpha value is -4.00. The highest BCUT2D eigenvalue weighted by molar-refractivity contribution is 6.36. The number of hydrogen-bond acceptors (Lipinski definition) is 5. The molecule has 0 aliphatic rings. The van der Waals surface area contributed by atoms with Crippen LogP contribution in [0.2, 0.25) is 5.02 Å². The number of aromatic carboxylic acids is 1. The van der Waals surface area contributed by atoms with E-state index < -0.39 is 67.4 Å². The summed E-state index contributed by atoms with van der Waals surface area (Å²) in [5.41, 5.74) is -8.10. The molecule has 0 saturated heterocycles. The molecule has 0 saturated carbocycles. The van der Waals surface area contributed by atoms with Gasteiger partial charge < -0.3 is 5.11 Å². The summed E-state index contributed by atoms with van der Waals surface area (Å²) in [6.45, 7) is 0. The van der Waals surface area contributed by atoms with Crippen molar-refractivity contribution in [2.45, 2.75) is 6.18 Å². The summed E-state index contributed by atoms with van der Waals surface area (Å²) in [6, 6.07) is 4.79. The third kappa shape index (κ3) is 4.09. The number of aromatic nitrogens is 2. The summed E-state index contributed by atoms with van der Waals surface area (Å²) in [5.74, 6) is -3.17. The fourth-order valence-electron chi connectivity index (χ4n) is 3.09. The van der Waals surface area contributed by atoms with Crippen molar-refractivity contribution in [3.05, 3.63) is 89.4 Å². The van der Waals surface area contributed by atoms with Crippen LogP contribution in [0.3, 0.4) is 0 Å². The van der Waals surface area contributed by atoms with Crippen LogP contribution in [0.4, 0.5) is 23.2 Å². The van der Waals surface area contributed by atoms with Gasteiger partial charge in [-0.2, -0.15) is 13.2 Å². The minimum atomic E-state index is -5.08. The second-order valence-corrected chi connectivity index (χ2v) is 6.98. The van der Waals surface area contributed by atoms with Crippen LogP contribution < -0.4 is 11.2 Å². The first-order valence-corrected chi connectivity index (χ1v) is 9.04. The van der Waals surface area contributed by atoms with Gasteiger partial charge in [-0.3, -0.25) is 19.5 Å². The molecule has 0 bridgehead atoms. The first-order chi connectivity index (χ1) is 15.3. The molecule has 0 radical (unpaired) electrons. The van der Waals surface area contributed by atoms with E-state index in [1.807, 2.05) is 0 Å². The Bertz CT molecular complexity index is 1450. The van der Waals surface area contributed by atoms with E-state index in [4.69, 9.17) is 11.6 Å². The average Bonchev–Trinajstić information content (AvgIpc) is 2.71. The van der Waals surface area contributed by atoms with Gasteiger partial charge in [0, 0.05) is 30.8 Å². The summed E-state index contributed by atoms with van der Waals surface area (Å²) >= 11 is 6.02. The fourth-order valence-corrected chi connectivity index (χ4v) is 3.42. The van der Waals surface area contributed by atoms with Gasteiger partial charge in [-0.15, -0.1) is 0 Å². The zero-order valence-electron chi connectivity index (χ0n) is 16.2. The largest absolute Gasteiger partial charge is 0.478 e. The molecule has 0 aliphatic carbocycles. The summed E-state index contributed by atoms with van der Waals surface area (Å²) < 4.78 is 54.9. The monoisotopic (exact) mass is 487 g/mol. The van der Waals surface area contributed by atoms with Gasteiger partial charge in [0.15, 0.2) is 5.82 Å². The number of halogens is 5. The molecule has 0 spiro atoms. The molecule has 2 aromatic carbocycles. The van der Waals surface area contributed by atoms with Gasteiger partial charge >= 0.3 is 17.8 Å². The van der Waals surface area contributed by atoms with Gasteiger partial charge in [-0.25, -0.2) is 18.5 Å². The Labute approximate surface area is 184 Å². The Kier molecular flexibility index (Phi) is 5.85. The second-order valence-electron chi connectivity index (χ2n) is 6.60. The summed E-state index contributed by atoms with van der Waals surface area (Å²) in [6.07, 6.45) is -5.08. The Morgan fingerprint density at radius 1 is 1.18 bits per heavy atom. The molecule has 1 aromatic heterocycles. The predicted molar refractivity (Wildman–Crippen MR) is 106 cm³/mol. The predicted octanol–water partition coefficient (Wildman–Crippen LogP) is 3.62. The van der Waals surface area contributed by atoms with Crippen molar-refractivity contribution < 1.29 is 32.4 Å². The molecule has 0 fully saturated rings. The maximum atomic E-state index is 15.5. The molecule has 1 heterocycles. The molecule has 0 atom stereocenters. The van der Waals surface area contributed by atoms with Crippen molar-refractivity contribution in [3.8, 4) is 16.8 Å². The van der Waals surface area contributed by atoms with E-state index in [0.29, 0.717) is 13.1 Å². The van der Waals surface area contributed by atoms with Gasteiger partial charge in [-0.1, -0.05) is 23.7 Å². The quantitative estimate of drug-likeness (QED) is 0.340. The van der Waals surface area contributed by atoms with Crippen LogP contribution in [0.15, 0.2) is 46.0 Å². The Balaban J connectivity index is 2.46. The second kappa shape index (κ2) is 8.16. The minimum absolute atomic E-state index is 0.00813. The maximum absolute atomic E-state index is 15.5. The molecular formula is C19H10ClF4N3O6. The van der Waals surface area contributed by atoms with Crippen molar-refractivity contribution >= 4 is 23.3 Å². The summed E-state index contributed by atoms with van der Waals surface area (Å²) in [4.78, 5) is 46.9. The number of benzene rings is 2. The van der Waals surface area contributed by atoms with Crippen LogP contribution in [0.1, 0.15) is 16.1 Å². The number of rotatable bonds is 4. The van der Waals surface area contributed by atoms with Crippen LogP contribution in [-0.4, -0.2) is 25.1 Å². The van der Waals surface area contributed by atoms with Gasteiger partial charge in [0.2, 0.25) is 0 Å². The third-order valence-electron chi connectivity index (χ3n) is 4.61. The van der Waals surface area contributed by atoms with E-state index in [1.165, 1.54) is 0 Å². The van der Waals surface area contributed by atoms with E-state index in [0.717, 1.165) is 24.3 Å². The number of nitro groups is 1. The SMILES string of the molecule is Cn1c(C(F)(F)F)cc(=O)n(-c2cc(C(=O)O)c(Cl)c(-c3cccc([N+](=O)[O-])c3)c2F)c1=O. The number of nitro benzene ring substituents is 1. The molecule has 0 unspecified atom stereocenters. The highest BCUT2D eigenvalue weighted by Crippen LogP contribution is 2.37. The molecule has 3 aromatic rings. The molecular weight excluding hydrogens is 478 g/mol. The summed E-state index contributed by atoms with van der Waals surface area (Å²) in [5, 5.41) is 19.8. The molecule has 0 aliphatic heterocycles. The van der Waals surface area contributed by atoms with E-state index in [1.54, 1.807) is 0 Å². The Morgan fingerprint density at radius 2 is 1.82 bits per heavy atom. The Morgan fingerprint density at radius 3 is 2.36 bits per heavy atom. The zero-order chi connectivity index (χ0) is 24.8. The van der Waals surface area contributed by atoms with E-state index >= 15 is 4.39 Å². The van der Waals surface area contributed by atoms with Crippen LogP contribution >= 0.6 is 11.6 Å². The molecule has 172 valence electrons. The topological polar surface area (TPSA) is 124 Å². The lowest BCUT2D eigenvalue weighted by Gasteiger charge is -2.17. The van der Waals surface area contributed by atoms with Gasteiger partial charge in [0.25, 0.3) is 11.2 Å². The first-order valence-electron chi connectivity index (χ1n) is 8.66. The number of carboxylic acids is 1. The van der Waals surface area contributed by atoms with Gasteiger partial charge in [0.1, 0.15) is 5.69 Å². The standard InChI is InChI=1S/C19H10ClF4N3O6/c1-25-12(19(22,23)24)7-13(28)26(18(25)31)11-6-10(17(29)30)15(20)14(16(11)21)8-3-2-4-9(5-8)27(32)33/h2-7H,1H3,(H,29,30). The lowest BCUT2D eigenvalue weighted by atomic mass is 10.00. The van der Waals surface area contributed by atoms with Gasteiger partial charge in [0.05, 0.1) is 21.2 Å². The number of carbonyl (C=O) groups is 1. The maximum Gasteiger partial charge on any atom is 0.431 e. The van der Waals surface area contributed by atoms with Crippen molar-refractivity contribution in [2.75, 3.05) is 0 Å². The van der Waals surface area contributed by atoms with Crippen molar-refractivity contribution in [1.29, 1.82) is 0 Å². The van der Waals surface area contributed by atoms with Crippen LogP contribution in [0.25, 0.3) is 16.8 Å². The van der Waals surface area contributed by atoms with Crippen molar-refractivity contribution in [1.82, 2.24) is 9.13 Å². The minimum Gasteiger partial charge on any atom is -0.478 e. The van der Waals surface area contributed by atoms with Crippen LogP contribution in [0, 0.1) is 15.9 Å². The van der Waals surface area contributed by atoms with Crippen molar-refractivity contribution in [2.24, 2.45) is 7.05 Å². The zero-order valence-corrected chi connectivity index (χ0v) is 16.9. The number of nitrogens with zero attached hydrogens (tertiary/aromatic N) is 3. The molecule has 33 heavy (non-hydrogen) atoms. The van der Waals surface area contributed by atoms with Crippen LogP contribution in [0.5, 0.6) is 0 Å². The fraction of sp³-hybridized carbons (Fsp3) is 0.105.